The van der Waals surface area contributed by atoms with Crippen LogP contribution in [0.15, 0.2) is 18.7 Å². The van der Waals surface area contributed by atoms with Crippen molar-refractivity contribution in [3.8, 4) is 0 Å². The highest BCUT2D eigenvalue weighted by atomic mass is 16.1. The Hall–Kier alpha value is -1.57. The summed E-state index contributed by atoms with van der Waals surface area (Å²) in [5.41, 5.74) is 5.54. The van der Waals surface area contributed by atoms with Crippen molar-refractivity contribution in [3.63, 3.8) is 0 Å². The van der Waals surface area contributed by atoms with Crippen molar-refractivity contribution in [1.29, 1.82) is 0 Å². The molecule has 0 aromatic heterocycles. The lowest BCUT2D eigenvalue weighted by Crippen LogP contribution is -2.11. The van der Waals surface area contributed by atoms with Crippen LogP contribution in [0.5, 0.6) is 0 Å². The van der Waals surface area contributed by atoms with Gasteiger partial charge < -0.3 is 5.32 Å². The van der Waals surface area contributed by atoms with Gasteiger partial charge in [-0.2, -0.15) is 0 Å². The summed E-state index contributed by atoms with van der Waals surface area (Å²) < 4.78 is 0. The van der Waals surface area contributed by atoms with Gasteiger partial charge in [0, 0.05) is 5.69 Å². The van der Waals surface area contributed by atoms with Crippen LogP contribution in [0.1, 0.15) is 22.3 Å². The molecule has 1 aromatic carbocycles. The van der Waals surface area contributed by atoms with E-state index < -0.39 is 0 Å². The summed E-state index contributed by atoms with van der Waals surface area (Å²) in [6, 6.07) is 2.13. The maximum atomic E-state index is 11.3. The molecule has 1 rings (SSSR count). The number of anilines is 1. The highest BCUT2D eigenvalue weighted by molar-refractivity contribution is 6.00. The third-order valence-corrected chi connectivity index (χ3v) is 2.80. The van der Waals surface area contributed by atoms with Crippen molar-refractivity contribution in [2.24, 2.45) is 0 Å². The summed E-state index contributed by atoms with van der Waals surface area (Å²) in [7, 11) is 0. The number of carbonyl (C=O) groups excluding carboxylic acids is 1. The molecule has 0 fully saturated rings. The topological polar surface area (TPSA) is 29.1 Å². The van der Waals surface area contributed by atoms with Gasteiger partial charge in [0.2, 0.25) is 5.91 Å². The van der Waals surface area contributed by atoms with Crippen LogP contribution in [0.3, 0.4) is 0 Å². The third kappa shape index (κ3) is 2.27. The first-order valence-corrected chi connectivity index (χ1v) is 4.98. The monoisotopic (exact) mass is 203 g/mol. The van der Waals surface area contributed by atoms with Crippen LogP contribution < -0.4 is 5.32 Å². The molecule has 15 heavy (non-hydrogen) atoms. The number of benzene rings is 1. The molecule has 80 valence electrons. The zero-order chi connectivity index (χ0) is 11.6. The van der Waals surface area contributed by atoms with Crippen molar-refractivity contribution < 1.29 is 4.79 Å². The molecule has 1 N–H and O–H groups in total. The number of hydrogen-bond acceptors (Lipinski definition) is 1. The van der Waals surface area contributed by atoms with Gasteiger partial charge in [-0.3, -0.25) is 4.79 Å². The highest BCUT2D eigenvalue weighted by Gasteiger charge is 2.09. The Labute approximate surface area is 91.0 Å². The van der Waals surface area contributed by atoms with Gasteiger partial charge in [-0.15, -0.1) is 0 Å². The third-order valence-electron chi connectivity index (χ3n) is 2.80. The van der Waals surface area contributed by atoms with Crippen molar-refractivity contribution in [2.75, 3.05) is 5.32 Å². The fourth-order valence-corrected chi connectivity index (χ4v) is 1.58. The Morgan fingerprint density at radius 3 is 2.07 bits per heavy atom. The van der Waals surface area contributed by atoms with Crippen LogP contribution in [0.25, 0.3) is 0 Å². The molecule has 0 aliphatic carbocycles. The number of carbonyl (C=O) groups is 1. The maximum Gasteiger partial charge on any atom is 0.247 e. The van der Waals surface area contributed by atoms with Gasteiger partial charge in [0.15, 0.2) is 0 Å². The summed E-state index contributed by atoms with van der Waals surface area (Å²) in [6.07, 6.45) is 1.29. The molecule has 0 unspecified atom stereocenters. The molecule has 0 heterocycles. The Balaban J connectivity index is 3.26. The van der Waals surface area contributed by atoms with Gasteiger partial charge >= 0.3 is 0 Å². The van der Waals surface area contributed by atoms with Crippen LogP contribution in [-0.4, -0.2) is 5.91 Å². The lowest BCUT2D eigenvalue weighted by atomic mass is 9.99. The Morgan fingerprint density at radius 2 is 1.67 bits per heavy atom. The number of aryl methyl sites for hydroxylation is 2. The van der Waals surface area contributed by atoms with E-state index in [1.807, 2.05) is 27.7 Å². The van der Waals surface area contributed by atoms with Crippen molar-refractivity contribution >= 4 is 11.6 Å². The number of amides is 1. The first-order chi connectivity index (χ1) is 6.97. The fraction of sp³-hybridized carbons (Fsp3) is 0.308. The van der Waals surface area contributed by atoms with E-state index in [1.54, 1.807) is 0 Å². The van der Waals surface area contributed by atoms with E-state index in [0.717, 1.165) is 16.8 Å². The molecule has 1 aromatic rings. The average Bonchev–Trinajstić information content (AvgIpc) is 2.21. The van der Waals surface area contributed by atoms with E-state index in [-0.39, 0.29) is 5.91 Å². The van der Waals surface area contributed by atoms with Gasteiger partial charge in [-0.25, -0.2) is 0 Å². The molecule has 0 saturated carbocycles. The second kappa shape index (κ2) is 4.30. The van der Waals surface area contributed by atoms with Crippen LogP contribution in [0.4, 0.5) is 5.69 Å². The van der Waals surface area contributed by atoms with E-state index in [2.05, 4.69) is 18.0 Å². The average molecular weight is 203 g/mol. The van der Waals surface area contributed by atoms with Crippen LogP contribution in [-0.2, 0) is 4.79 Å². The second-order valence-electron chi connectivity index (χ2n) is 3.83. The van der Waals surface area contributed by atoms with E-state index in [9.17, 15) is 4.79 Å². The molecular weight excluding hydrogens is 186 g/mol. The Morgan fingerprint density at radius 1 is 1.20 bits per heavy atom. The molecule has 2 nitrogen and oxygen atoms in total. The smallest absolute Gasteiger partial charge is 0.247 e. The summed E-state index contributed by atoms with van der Waals surface area (Å²) >= 11 is 0. The zero-order valence-electron chi connectivity index (χ0n) is 9.77. The van der Waals surface area contributed by atoms with Crippen LogP contribution in [0, 0.1) is 27.7 Å². The number of hydrogen-bond donors (Lipinski definition) is 1. The minimum absolute atomic E-state index is 0.161. The van der Waals surface area contributed by atoms with Gasteiger partial charge in [0.05, 0.1) is 0 Å². The molecule has 1 amide bonds. The first kappa shape index (κ1) is 11.5. The summed E-state index contributed by atoms with van der Waals surface area (Å²) in [6.45, 7) is 11.6. The molecule has 0 atom stereocenters. The Kier molecular flexibility index (Phi) is 3.30. The SMILES string of the molecule is C=CC(=O)Nc1c(C)c(C)cc(C)c1C. The van der Waals surface area contributed by atoms with Crippen molar-refractivity contribution in [2.45, 2.75) is 27.7 Å². The molecule has 0 spiro atoms. The minimum Gasteiger partial charge on any atom is -0.322 e. The molecular formula is C13H17NO. The van der Waals surface area contributed by atoms with Crippen LogP contribution in [0.2, 0.25) is 0 Å². The minimum atomic E-state index is -0.161. The van der Waals surface area contributed by atoms with Gasteiger partial charge in [-0.1, -0.05) is 12.6 Å². The maximum absolute atomic E-state index is 11.3. The summed E-state index contributed by atoms with van der Waals surface area (Å²) in [5.74, 6) is -0.161. The standard InChI is InChI=1S/C13H17NO/c1-6-12(15)14-13-10(4)8(2)7-9(3)11(13)5/h6-7H,1H2,2-5H3,(H,14,15). The molecule has 0 saturated heterocycles. The molecule has 0 radical (unpaired) electrons. The number of rotatable bonds is 2. The first-order valence-electron chi connectivity index (χ1n) is 4.98. The van der Waals surface area contributed by atoms with Gasteiger partial charge in [0.25, 0.3) is 0 Å². The second-order valence-corrected chi connectivity index (χ2v) is 3.83. The van der Waals surface area contributed by atoms with Gasteiger partial charge in [-0.05, 0) is 56.0 Å². The summed E-state index contributed by atoms with van der Waals surface area (Å²) in [4.78, 5) is 11.3. The quantitative estimate of drug-likeness (QED) is 0.735. The molecule has 0 aliphatic rings. The Bertz CT molecular complexity index is 393. The number of nitrogens with one attached hydrogen (secondary N) is 1. The van der Waals surface area contributed by atoms with Crippen molar-refractivity contribution in [1.82, 2.24) is 0 Å². The van der Waals surface area contributed by atoms with E-state index in [4.69, 9.17) is 0 Å². The van der Waals surface area contributed by atoms with Gasteiger partial charge in [0.1, 0.15) is 0 Å². The normalized spacial score (nSPS) is 9.87. The summed E-state index contributed by atoms with van der Waals surface area (Å²) in [5, 5.41) is 2.85. The predicted molar refractivity (Wildman–Crippen MR) is 64.2 cm³/mol. The van der Waals surface area contributed by atoms with Crippen LogP contribution >= 0.6 is 0 Å². The zero-order valence-corrected chi connectivity index (χ0v) is 9.77. The fourth-order valence-electron chi connectivity index (χ4n) is 1.58. The van der Waals surface area contributed by atoms with Crippen molar-refractivity contribution in [3.05, 3.63) is 41.0 Å². The van der Waals surface area contributed by atoms with E-state index >= 15 is 0 Å². The largest absolute Gasteiger partial charge is 0.322 e. The molecule has 2 heteroatoms. The predicted octanol–water partition coefficient (Wildman–Crippen LogP) is 3.04. The lowest BCUT2D eigenvalue weighted by molar-refractivity contribution is -0.111. The molecule has 0 bridgehead atoms. The highest BCUT2D eigenvalue weighted by Crippen LogP contribution is 2.26. The van der Waals surface area contributed by atoms with E-state index in [0.29, 0.717) is 0 Å². The molecule has 0 aliphatic heterocycles. The lowest BCUT2D eigenvalue weighted by Gasteiger charge is -2.15. The van der Waals surface area contributed by atoms with E-state index in [1.165, 1.54) is 17.2 Å².